The second-order valence-corrected chi connectivity index (χ2v) is 4.08. The molecule has 0 saturated heterocycles. The minimum atomic E-state index is -0.158. The van der Waals surface area contributed by atoms with Crippen LogP contribution in [0, 0.1) is 6.92 Å². The number of carbonyl (C=O) groups is 1. The van der Waals surface area contributed by atoms with Gasteiger partial charge in [0.15, 0.2) is 0 Å². The third kappa shape index (κ3) is 2.57. The molecule has 0 bridgehead atoms. The molecule has 3 heteroatoms. The van der Waals surface area contributed by atoms with Crippen LogP contribution in [0.1, 0.15) is 21.5 Å². The van der Waals surface area contributed by atoms with Crippen molar-refractivity contribution in [3.8, 4) is 0 Å². The van der Waals surface area contributed by atoms with Crippen LogP contribution in [0.25, 0.3) is 0 Å². The van der Waals surface area contributed by atoms with E-state index in [4.69, 9.17) is 0 Å². The highest BCUT2D eigenvalue weighted by molar-refractivity contribution is 6.05. The number of hydrogen-bond donors (Lipinski definition) is 2. The SMILES string of the molecule is Cc1ccccc1C(=O)Nc1ccccc1CO. The lowest BCUT2D eigenvalue weighted by atomic mass is 10.1. The number of para-hydroxylation sites is 1. The van der Waals surface area contributed by atoms with Crippen molar-refractivity contribution < 1.29 is 9.90 Å². The van der Waals surface area contributed by atoms with E-state index in [1.807, 2.05) is 37.3 Å². The van der Waals surface area contributed by atoms with Crippen LogP contribution in [0.5, 0.6) is 0 Å². The maximum atomic E-state index is 12.1. The van der Waals surface area contributed by atoms with Crippen molar-refractivity contribution in [2.24, 2.45) is 0 Å². The second-order valence-electron chi connectivity index (χ2n) is 4.08. The summed E-state index contributed by atoms with van der Waals surface area (Å²) in [6.07, 6.45) is 0. The summed E-state index contributed by atoms with van der Waals surface area (Å²) in [5, 5.41) is 12.0. The summed E-state index contributed by atoms with van der Waals surface area (Å²) in [7, 11) is 0. The molecule has 2 aromatic rings. The molecule has 0 aromatic heterocycles. The predicted octanol–water partition coefficient (Wildman–Crippen LogP) is 2.74. The van der Waals surface area contributed by atoms with Gasteiger partial charge in [-0.3, -0.25) is 4.79 Å². The summed E-state index contributed by atoms with van der Waals surface area (Å²) in [6, 6.07) is 14.6. The minimum absolute atomic E-state index is 0.0930. The van der Waals surface area contributed by atoms with E-state index in [0.29, 0.717) is 16.8 Å². The molecule has 0 radical (unpaired) electrons. The monoisotopic (exact) mass is 241 g/mol. The van der Waals surface area contributed by atoms with E-state index >= 15 is 0 Å². The van der Waals surface area contributed by atoms with Crippen LogP contribution in [0.4, 0.5) is 5.69 Å². The lowest BCUT2D eigenvalue weighted by molar-refractivity contribution is 0.102. The molecule has 1 amide bonds. The maximum absolute atomic E-state index is 12.1. The molecule has 0 unspecified atom stereocenters. The molecule has 0 spiro atoms. The van der Waals surface area contributed by atoms with Gasteiger partial charge < -0.3 is 10.4 Å². The van der Waals surface area contributed by atoms with Gasteiger partial charge in [0, 0.05) is 16.8 Å². The Morgan fingerprint density at radius 3 is 2.50 bits per heavy atom. The molecule has 2 aromatic carbocycles. The summed E-state index contributed by atoms with van der Waals surface area (Å²) in [4.78, 5) is 12.1. The largest absolute Gasteiger partial charge is 0.392 e. The van der Waals surface area contributed by atoms with Crippen molar-refractivity contribution in [1.29, 1.82) is 0 Å². The van der Waals surface area contributed by atoms with Gasteiger partial charge in [-0.05, 0) is 24.6 Å². The molecule has 0 heterocycles. The Bertz CT molecular complexity index is 564. The molecule has 2 N–H and O–H groups in total. The molecule has 2 rings (SSSR count). The fourth-order valence-corrected chi connectivity index (χ4v) is 1.80. The highest BCUT2D eigenvalue weighted by Crippen LogP contribution is 2.17. The first-order valence-corrected chi connectivity index (χ1v) is 5.78. The van der Waals surface area contributed by atoms with Gasteiger partial charge in [-0.1, -0.05) is 36.4 Å². The van der Waals surface area contributed by atoms with E-state index in [9.17, 15) is 9.90 Å². The van der Waals surface area contributed by atoms with Crippen LogP contribution in [-0.4, -0.2) is 11.0 Å². The Hall–Kier alpha value is -2.13. The number of carbonyl (C=O) groups excluding carboxylic acids is 1. The van der Waals surface area contributed by atoms with Crippen LogP contribution >= 0.6 is 0 Å². The average Bonchev–Trinajstić information content (AvgIpc) is 2.39. The number of aryl methyl sites for hydroxylation is 1. The van der Waals surface area contributed by atoms with Crippen LogP contribution in [0.3, 0.4) is 0 Å². The van der Waals surface area contributed by atoms with Gasteiger partial charge in [0.1, 0.15) is 0 Å². The Morgan fingerprint density at radius 1 is 1.11 bits per heavy atom. The van der Waals surface area contributed by atoms with E-state index in [-0.39, 0.29) is 12.5 Å². The predicted molar refractivity (Wildman–Crippen MR) is 71.5 cm³/mol. The number of aliphatic hydroxyl groups excluding tert-OH is 1. The Labute approximate surface area is 106 Å². The highest BCUT2D eigenvalue weighted by atomic mass is 16.3. The fourth-order valence-electron chi connectivity index (χ4n) is 1.80. The van der Waals surface area contributed by atoms with Crippen molar-refractivity contribution in [3.63, 3.8) is 0 Å². The second kappa shape index (κ2) is 5.47. The third-order valence-corrected chi connectivity index (χ3v) is 2.83. The number of benzene rings is 2. The lowest BCUT2D eigenvalue weighted by Crippen LogP contribution is -2.14. The van der Waals surface area contributed by atoms with Crippen LogP contribution in [0.15, 0.2) is 48.5 Å². The molecule has 92 valence electrons. The number of aliphatic hydroxyl groups is 1. The molecular formula is C15H15NO2. The first-order valence-electron chi connectivity index (χ1n) is 5.78. The topological polar surface area (TPSA) is 49.3 Å². The van der Waals surface area contributed by atoms with Crippen LogP contribution in [0.2, 0.25) is 0 Å². The first-order chi connectivity index (χ1) is 8.72. The summed E-state index contributed by atoms with van der Waals surface area (Å²) in [6.45, 7) is 1.80. The van der Waals surface area contributed by atoms with Crippen molar-refractivity contribution in [1.82, 2.24) is 0 Å². The van der Waals surface area contributed by atoms with E-state index in [0.717, 1.165) is 5.56 Å². The summed E-state index contributed by atoms with van der Waals surface area (Å²) < 4.78 is 0. The zero-order valence-corrected chi connectivity index (χ0v) is 10.2. The van der Waals surface area contributed by atoms with Gasteiger partial charge in [-0.25, -0.2) is 0 Å². The van der Waals surface area contributed by atoms with Crippen LogP contribution in [-0.2, 0) is 6.61 Å². The lowest BCUT2D eigenvalue weighted by Gasteiger charge is -2.10. The standard InChI is InChI=1S/C15H15NO2/c1-11-6-2-4-8-13(11)15(18)16-14-9-5-3-7-12(14)10-17/h2-9,17H,10H2,1H3,(H,16,18). The summed E-state index contributed by atoms with van der Waals surface area (Å²) in [5.41, 5.74) is 2.93. The van der Waals surface area contributed by atoms with Gasteiger partial charge in [-0.15, -0.1) is 0 Å². The van der Waals surface area contributed by atoms with Crippen molar-refractivity contribution >= 4 is 11.6 Å². The Balaban J connectivity index is 2.24. The number of amides is 1. The summed E-state index contributed by atoms with van der Waals surface area (Å²) >= 11 is 0. The highest BCUT2D eigenvalue weighted by Gasteiger charge is 2.10. The normalized spacial score (nSPS) is 10.1. The zero-order valence-electron chi connectivity index (χ0n) is 10.2. The minimum Gasteiger partial charge on any atom is -0.392 e. The number of rotatable bonds is 3. The molecule has 0 aliphatic carbocycles. The smallest absolute Gasteiger partial charge is 0.255 e. The molecule has 0 atom stereocenters. The zero-order chi connectivity index (χ0) is 13.0. The molecule has 0 aliphatic rings. The van der Waals surface area contributed by atoms with Gasteiger partial charge in [0.05, 0.1) is 6.61 Å². The number of hydrogen-bond acceptors (Lipinski definition) is 2. The maximum Gasteiger partial charge on any atom is 0.255 e. The van der Waals surface area contributed by atoms with Crippen molar-refractivity contribution in [2.75, 3.05) is 5.32 Å². The Morgan fingerprint density at radius 2 is 1.78 bits per heavy atom. The number of anilines is 1. The van der Waals surface area contributed by atoms with E-state index < -0.39 is 0 Å². The average molecular weight is 241 g/mol. The van der Waals surface area contributed by atoms with Gasteiger partial charge >= 0.3 is 0 Å². The van der Waals surface area contributed by atoms with Gasteiger partial charge in [-0.2, -0.15) is 0 Å². The fraction of sp³-hybridized carbons (Fsp3) is 0.133. The van der Waals surface area contributed by atoms with Gasteiger partial charge in [0.25, 0.3) is 5.91 Å². The van der Waals surface area contributed by atoms with Crippen LogP contribution < -0.4 is 5.32 Å². The molecule has 0 fully saturated rings. The summed E-state index contributed by atoms with van der Waals surface area (Å²) in [5.74, 6) is -0.158. The first kappa shape index (κ1) is 12.3. The van der Waals surface area contributed by atoms with Crippen molar-refractivity contribution in [2.45, 2.75) is 13.5 Å². The Kier molecular flexibility index (Phi) is 3.75. The molecule has 3 nitrogen and oxygen atoms in total. The molecule has 0 saturated carbocycles. The third-order valence-electron chi connectivity index (χ3n) is 2.83. The molecule has 18 heavy (non-hydrogen) atoms. The van der Waals surface area contributed by atoms with Gasteiger partial charge in [0.2, 0.25) is 0 Å². The van der Waals surface area contributed by atoms with E-state index in [2.05, 4.69) is 5.32 Å². The van der Waals surface area contributed by atoms with E-state index in [1.54, 1.807) is 18.2 Å². The van der Waals surface area contributed by atoms with Crippen molar-refractivity contribution in [3.05, 3.63) is 65.2 Å². The van der Waals surface area contributed by atoms with E-state index in [1.165, 1.54) is 0 Å². The molecule has 0 aliphatic heterocycles. The quantitative estimate of drug-likeness (QED) is 0.868. The number of nitrogens with one attached hydrogen (secondary N) is 1. The molecular weight excluding hydrogens is 226 g/mol.